The standard InChI is InChI=1S/C25H29N5O3/c1-28-21-15-25(33-16-19(21)22(27-28)24(32)29-11-2-3-12-29)8-13-30(14-9-25)23(31)18-5-4-6-20-17(18)7-10-26-20/h4-7,10,26H,2-3,8-9,11-16H2,1H3. The fourth-order valence-corrected chi connectivity index (χ4v) is 5.68. The molecule has 33 heavy (non-hydrogen) atoms. The minimum atomic E-state index is -0.300. The van der Waals surface area contributed by atoms with Crippen molar-refractivity contribution in [3.63, 3.8) is 0 Å². The van der Waals surface area contributed by atoms with Crippen molar-refractivity contribution in [3.8, 4) is 0 Å². The molecule has 1 spiro atoms. The molecular weight excluding hydrogens is 418 g/mol. The van der Waals surface area contributed by atoms with E-state index in [2.05, 4.69) is 10.1 Å². The molecule has 2 fully saturated rings. The first-order valence-electron chi connectivity index (χ1n) is 11.9. The Labute approximate surface area is 192 Å². The van der Waals surface area contributed by atoms with Gasteiger partial charge in [-0.2, -0.15) is 5.10 Å². The van der Waals surface area contributed by atoms with Gasteiger partial charge in [-0.15, -0.1) is 0 Å². The zero-order chi connectivity index (χ0) is 22.6. The number of carbonyl (C=O) groups is 2. The molecule has 0 radical (unpaired) electrons. The monoisotopic (exact) mass is 447 g/mol. The Morgan fingerprint density at radius 1 is 1.03 bits per heavy atom. The Bertz CT molecular complexity index is 1230. The number of nitrogens with zero attached hydrogens (tertiary/aromatic N) is 4. The lowest BCUT2D eigenvalue weighted by atomic mass is 9.83. The van der Waals surface area contributed by atoms with Gasteiger partial charge in [0.25, 0.3) is 11.8 Å². The summed E-state index contributed by atoms with van der Waals surface area (Å²) >= 11 is 0. The number of ether oxygens (including phenoxy) is 1. The van der Waals surface area contributed by atoms with E-state index in [-0.39, 0.29) is 17.4 Å². The highest BCUT2D eigenvalue weighted by Gasteiger charge is 2.43. The molecule has 3 aliphatic heterocycles. The van der Waals surface area contributed by atoms with Gasteiger partial charge in [0.1, 0.15) is 0 Å². The number of aryl methyl sites for hydroxylation is 1. The highest BCUT2D eigenvalue weighted by atomic mass is 16.5. The number of aromatic amines is 1. The third-order valence-electron chi connectivity index (χ3n) is 7.67. The predicted octanol–water partition coefficient (Wildman–Crippen LogP) is 2.89. The molecule has 1 N–H and O–H groups in total. The maximum absolute atomic E-state index is 13.3. The summed E-state index contributed by atoms with van der Waals surface area (Å²) in [5.41, 5.74) is 4.02. The summed E-state index contributed by atoms with van der Waals surface area (Å²) in [6.07, 6.45) is 6.29. The Morgan fingerprint density at radius 2 is 1.79 bits per heavy atom. The lowest BCUT2D eigenvalue weighted by Gasteiger charge is -2.44. The van der Waals surface area contributed by atoms with Gasteiger partial charge in [-0.3, -0.25) is 14.3 Å². The molecule has 2 aromatic heterocycles. The molecule has 0 bridgehead atoms. The average Bonchev–Trinajstić information content (AvgIpc) is 3.59. The van der Waals surface area contributed by atoms with Crippen LogP contribution in [0.2, 0.25) is 0 Å². The van der Waals surface area contributed by atoms with Gasteiger partial charge in [-0.25, -0.2) is 0 Å². The van der Waals surface area contributed by atoms with E-state index in [4.69, 9.17) is 4.74 Å². The molecule has 2 amide bonds. The van der Waals surface area contributed by atoms with Crippen LogP contribution in [0.15, 0.2) is 30.5 Å². The molecule has 0 atom stereocenters. The third kappa shape index (κ3) is 3.35. The van der Waals surface area contributed by atoms with Crippen LogP contribution in [0.1, 0.15) is 57.8 Å². The largest absolute Gasteiger partial charge is 0.370 e. The molecule has 0 unspecified atom stereocenters. The quantitative estimate of drug-likeness (QED) is 0.655. The van der Waals surface area contributed by atoms with Gasteiger partial charge >= 0.3 is 0 Å². The molecule has 172 valence electrons. The minimum Gasteiger partial charge on any atom is -0.370 e. The first kappa shape index (κ1) is 20.5. The highest BCUT2D eigenvalue weighted by molar-refractivity contribution is 6.06. The van der Waals surface area contributed by atoms with Crippen LogP contribution in [-0.2, 0) is 24.8 Å². The Balaban J connectivity index is 1.18. The number of benzene rings is 1. The number of fused-ring (bicyclic) bond motifs is 2. The van der Waals surface area contributed by atoms with E-state index >= 15 is 0 Å². The summed E-state index contributed by atoms with van der Waals surface area (Å²) in [7, 11) is 1.93. The van der Waals surface area contributed by atoms with Crippen molar-refractivity contribution in [2.45, 2.75) is 44.3 Å². The van der Waals surface area contributed by atoms with Crippen LogP contribution in [0.25, 0.3) is 10.9 Å². The number of piperidine rings is 1. The lowest BCUT2D eigenvalue weighted by molar-refractivity contribution is -0.0990. The fourth-order valence-electron chi connectivity index (χ4n) is 5.68. The van der Waals surface area contributed by atoms with Crippen molar-refractivity contribution in [3.05, 3.63) is 53.0 Å². The molecule has 8 heteroatoms. The van der Waals surface area contributed by atoms with Crippen LogP contribution in [0.4, 0.5) is 0 Å². The van der Waals surface area contributed by atoms with Crippen molar-refractivity contribution in [2.75, 3.05) is 26.2 Å². The van der Waals surface area contributed by atoms with Crippen LogP contribution < -0.4 is 0 Å². The van der Waals surface area contributed by atoms with E-state index in [1.54, 1.807) is 0 Å². The summed E-state index contributed by atoms with van der Waals surface area (Å²) in [5.74, 6) is 0.105. The molecule has 3 aliphatic rings. The van der Waals surface area contributed by atoms with Gasteiger partial charge in [0.15, 0.2) is 5.69 Å². The number of hydrogen-bond donors (Lipinski definition) is 1. The number of H-pyrrole nitrogens is 1. The number of hydrogen-bond acceptors (Lipinski definition) is 4. The van der Waals surface area contributed by atoms with Crippen LogP contribution in [-0.4, -0.2) is 68.2 Å². The van der Waals surface area contributed by atoms with E-state index in [9.17, 15) is 9.59 Å². The van der Waals surface area contributed by atoms with Crippen molar-refractivity contribution < 1.29 is 14.3 Å². The molecule has 0 aliphatic carbocycles. The van der Waals surface area contributed by atoms with Gasteiger partial charge in [-0.1, -0.05) is 6.07 Å². The van der Waals surface area contributed by atoms with E-state index in [1.807, 2.05) is 52.0 Å². The van der Waals surface area contributed by atoms with Crippen LogP contribution in [0.3, 0.4) is 0 Å². The second kappa shape index (κ2) is 7.73. The van der Waals surface area contributed by atoms with Gasteiger partial charge in [-0.05, 0) is 43.9 Å². The second-order valence-electron chi connectivity index (χ2n) is 9.58. The number of carbonyl (C=O) groups excluding carboxylic acids is 2. The zero-order valence-electron chi connectivity index (χ0n) is 19.0. The van der Waals surface area contributed by atoms with Crippen LogP contribution >= 0.6 is 0 Å². The summed E-state index contributed by atoms with van der Waals surface area (Å²) in [4.78, 5) is 33.3. The van der Waals surface area contributed by atoms with E-state index in [0.29, 0.717) is 25.4 Å². The molecule has 8 nitrogen and oxygen atoms in total. The van der Waals surface area contributed by atoms with Gasteiger partial charge in [0, 0.05) is 73.6 Å². The van der Waals surface area contributed by atoms with Crippen molar-refractivity contribution >= 4 is 22.7 Å². The normalized spacial score (nSPS) is 19.9. The fraction of sp³-hybridized carbons (Fsp3) is 0.480. The lowest BCUT2D eigenvalue weighted by Crippen LogP contribution is -2.50. The van der Waals surface area contributed by atoms with Crippen molar-refractivity contribution in [1.82, 2.24) is 24.6 Å². The van der Waals surface area contributed by atoms with Crippen LogP contribution in [0.5, 0.6) is 0 Å². The number of aromatic nitrogens is 3. The topological polar surface area (TPSA) is 83.5 Å². The summed E-state index contributed by atoms with van der Waals surface area (Å²) in [5, 5.41) is 5.56. The highest BCUT2D eigenvalue weighted by Crippen LogP contribution is 2.38. The van der Waals surface area contributed by atoms with E-state index in [0.717, 1.165) is 72.9 Å². The van der Waals surface area contributed by atoms with Crippen molar-refractivity contribution in [2.24, 2.45) is 7.05 Å². The van der Waals surface area contributed by atoms with Crippen LogP contribution in [0, 0.1) is 0 Å². The molecular formula is C25H29N5O3. The molecule has 0 saturated carbocycles. The molecule has 1 aromatic carbocycles. The minimum absolute atomic E-state index is 0.0308. The predicted molar refractivity (Wildman–Crippen MR) is 123 cm³/mol. The Kier molecular flexibility index (Phi) is 4.79. The van der Waals surface area contributed by atoms with Gasteiger partial charge in [0.05, 0.1) is 12.2 Å². The van der Waals surface area contributed by atoms with E-state index < -0.39 is 0 Å². The maximum Gasteiger partial charge on any atom is 0.274 e. The molecule has 3 aromatic rings. The summed E-state index contributed by atoms with van der Waals surface area (Å²) in [6.45, 7) is 3.36. The van der Waals surface area contributed by atoms with Crippen molar-refractivity contribution in [1.29, 1.82) is 0 Å². The SMILES string of the molecule is Cn1nc(C(=O)N2CCCC2)c2c1CC1(CCN(C(=O)c3cccc4[nH]ccc34)CC1)OC2. The number of likely N-dealkylation sites (tertiary alicyclic amines) is 2. The number of rotatable bonds is 2. The Hall–Kier alpha value is -3.13. The third-order valence-corrected chi connectivity index (χ3v) is 7.67. The zero-order valence-corrected chi connectivity index (χ0v) is 19.0. The van der Waals surface area contributed by atoms with Gasteiger partial charge < -0.3 is 19.5 Å². The number of amides is 2. The molecule has 5 heterocycles. The summed E-state index contributed by atoms with van der Waals surface area (Å²) < 4.78 is 8.29. The average molecular weight is 448 g/mol. The molecule has 2 saturated heterocycles. The first-order valence-corrected chi connectivity index (χ1v) is 11.9. The first-order chi connectivity index (χ1) is 16.0. The summed E-state index contributed by atoms with van der Waals surface area (Å²) in [6, 6.07) is 7.78. The number of nitrogens with one attached hydrogen (secondary N) is 1. The Morgan fingerprint density at radius 3 is 2.58 bits per heavy atom. The second-order valence-corrected chi connectivity index (χ2v) is 9.58. The molecule has 6 rings (SSSR count). The smallest absolute Gasteiger partial charge is 0.274 e. The maximum atomic E-state index is 13.3. The van der Waals surface area contributed by atoms with Gasteiger partial charge in [0.2, 0.25) is 0 Å². The van der Waals surface area contributed by atoms with E-state index in [1.165, 1.54) is 0 Å².